The van der Waals surface area contributed by atoms with Crippen molar-refractivity contribution in [2.24, 2.45) is 0 Å². The number of ether oxygens (including phenoxy) is 1. The SMILES string of the molecule is COP(=O)(CS(=O)(=O)O)O[C@H]1O[C@@H](n2cnc3c(N)ncnc32)[C@H](O)[C@@H]1OP(=O)(O)O. The first-order chi connectivity index (χ1) is 14.2. The normalized spacial score (nSPS) is 26.9. The van der Waals surface area contributed by atoms with Gasteiger partial charge < -0.3 is 29.9 Å². The van der Waals surface area contributed by atoms with Gasteiger partial charge in [-0.2, -0.15) is 8.42 Å². The van der Waals surface area contributed by atoms with Gasteiger partial charge in [-0.1, -0.05) is 0 Å². The van der Waals surface area contributed by atoms with Crippen LogP contribution in [0.25, 0.3) is 11.2 Å². The number of imidazole rings is 1. The Kier molecular flexibility index (Phi) is 6.54. The molecule has 3 rings (SSSR count). The third-order valence-corrected chi connectivity index (χ3v) is 8.13. The van der Waals surface area contributed by atoms with Crippen LogP contribution in [0.1, 0.15) is 6.23 Å². The average molecular weight is 505 g/mol. The molecule has 0 aromatic carbocycles. The largest absolute Gasteiger partial charge is 0.470 e. The van der Waals surface area contributed by atoms with Crippen molar-refractivity contribution in [1.29, 1.82) is 0 Å². The molecule has 0 aliphatic carbocycles. The van der Waals surface area contributed by atoms with Gasteiger partial charge in [-0.15, -0.1) is 0 Å². The molecule has 2 aromatic rings. The number of rotatable bonds is 8. The lowest BCUT2D eigenvalue weighted by molar-refractivity contribution is -0.127. The summed E-state index contributed by atoms with van der Waals surface area (Å²) >= 11 is 0. The Morgan fingerprint density at radius 3 is 2.52 bits per heavy atom. The van der Waals surface area contributed by atoms with E-state index in [1.54, 1.807) is 0 Å². The summed E-state index contributed by atoms with van der Waals surface area (Å²) in [5.41, 5.74) is 4.35. The van der Waals surface area contributed by atoms with E-state index in [-0.39, 0.29) is 17.0 Å². The van der Waals surface area contributed by atoms with Gasteiger partial charge >= 0.3 is 15.4 Å². The highest BCUT2D eigenvalue weighted by Gasteiger charge is 2.52. The molecule has 1 aliphatic heterocycles. The summed E-state index contributed by atoms with van der Waals surface area (Å²) in [6.45, 7) is 0. The summed E-state index contributed by atoms with van der Waals surface area (Å²) in [6, 6.07) is 0. The lowest BCUT2D eigenvalue weighted by Gasteiger charge is -2.24. The van der Waals surface area contributed by atoms with E-state index in [1.807, 2.05) is 0 Å². The maximum Gasteiger partial charge on any atom is 0.470 e. The Labute approximate surface area is 173 Å². The van der Waals surface area contributed by atoms with Crippen LogP contribution < -0.4 is 5.73 Å². The first-order valence-electron chi connectivity index (χ1n) is 8.02. The van der Waals surface area contributed by atoms with Crippen molar-refractivity contribution in [3.05, 3.63) is 12.7 Å². The van der Waals surface area contributed by atoms with Crippen molar-refractivity contribution in [2.45, 2.75) is 24.7 Å². The summed E-state index contributed by atoms with van der Waals surface area (Å²) < 4.78 is 75.6. The molecule has 3 heterocycles. The third-order valence-electron chi connectivity index (χ3n) is 3.95. The molecule has 0 amide bonds. The van der Waals surface area contributed by atoms with Crippen molar-refractivity contribution in [2.75, 3.05) is 18.3 Å². The minimum Gasteiger partial charge on any atom is -0.385 e. The number of nitrogen functional groups attached to an aromatic ring is 1. The van der Waals surface area contributed by atoms with Gasteiger partial charge in [0.05, 0.1) is 6.33 Å². The van der Waals surface area contributed by atoms with E-state index in [2.05, 4.69) is 24.0 Å². The molecule has 0 saturated carbocycles. The van der Waals surface area contributed by atoms with E-state index in [4.69, 9.17) is 29.3 Å². The molecule has 17 nitrogen and oxygen atoms in total. The van der Waals surface area contributed by atoms with Gasteiger partial charge in [-0.25, -0.2) is 19.5 Å². The Hall–Kier alpha value is -1.56. The second-order valence-corrected chi connectivity index (χ2v) is 11.3. The number of phosphoric acid groups is 1. The lowest BCUT2D eigenvalue weighted by atomic mass is 10.2. The van der Waals surface area contributed by atoms with Crippen LogP contribution in [-0.4, -0.2) is 78.5 Å². The lowest BCUT2D eigenvalue weighted by Crippen LogP contribution is -2.35. The molecular formula is C11H17N5O12P2S. The number of phosphoric ester groups is 1. The maximum absolute atomic E-state index is 12.6. The van der Waals surface area contributed by atoms with Gasteiger partial charge in [-0.3, -0.25) is 22.7 Å². The van der Waals surface area contributed by atoms with Gasteiger partial charge in [0.2, 0.25) is 0 Å². The zero-order valence-electron chi connectivity index (χ0n) is 15.4. The molecular weight excluding hydrogens is 488 g/mol. The van der Waals surface area contributed by atoms with Crippen LogP contribution in [0, 0.1) is 0 Å². The van der Waals surface area contributed by atoms with Gasteiger partial charge in [0.25, 0.3) is 10.1 Å². The second-order valence-electron chi connectivity index (χ2n) is 6.14. The molecule has 0 radical (unpaired) electrons. The van der Waals surface area contributed by atoms with Crippen molar-refractivity contribution in [3.63, 3.8) is 0 Å². The molecule has 2 aromatic heterocycles. The Balaban J connectivity index is 1.98. The van der Waals surface area contributed by atoms with E-state index >= 15 is 0 Å². The fourth-order valence-electron chi connectivity index (χ4n) is 2.74. The quantitative estimate of drug-likeness (QED) is 0.208. The maximum atomic E-state index is 12.6. The highest BCUT2D eigenvalue weighted by atomic mass is 32.2. The number of nitrogens with zero attached hydrogens (tertiary/aromatic N) is 4. The molecule has 6 N–H and O–H groups in total. The number of hydrogen-bond acceptors (Lipinski definition) is 13. The first kappa shape index (κ1) is 24.1. The minimum absolute atomic E-state index is 0.0101. The van der Waals surface area contributed by atoms with E-state index in [9.17, 15) is 22.7 Å². The molecule has 1 fully saturated rings. The third kappa shape index (κ3) is 5.44. The second kappa shape index (κ2) is 8.42. The highest BCUT2D eigenvalue weighted by Crippen LogP contribution is 2.53. The predicted molar refractivity (Wildman–Crippen MR) is 98.7 cm³/mol. The number of hydrogen-bond donors (Lipinski definition) is 5. The van der Waals surface area contributed by atoms with Gasteiger partial charge in [-0.05, 0) is 0 Å². The van der Waals surface area contributed by atoms with Crippen LogP contribution in [0.2, 0.25) is 0 Å². The van der Waals surface area contributed by atoms with Crippen molar-refractivity contribution in [1.82, 2.24) is 19.5 Å². The van der Waals surface area contributed by atoms with E-state index in [0.717, 1.165) is 24.3 Å². The number of fused-ring (bicyclic) bond motifs is 1. The van der Waals surface area contributed by atoms with Crippen LogP contribution in [0.3, 0.4) is 0 Å². The van der Waals surface area contributed by atoms with E-state index in [1.165, 1.54) is 0 Å². The summed E-state index contributed by atoms with van der Waals surface area (Å²) in [5, 5.41) is 10.6. The van der Waals surface area contributed by atoms with Gasteiger partial charge in [0, 0.05) is 7.11 Å². The standard InChI is InChI=1S/C11H17N5O12P2S/c1-25-29(18,4-31(22,23)24)28-11-7(27-30(19,20)21)6(17)10(26-11)16-3-15-5-8(12)13-2-14-9(5)16/h2-3,6-7,10-11,17H,4H2,1H3,(H2,12,13,14)(H2,19,20,21)(H,22,23,24)/t6-,7+,10-,11-,29?/m1/s1. The number of aromatic nitrogens is 4. The predicted octanol–water partition coefficient (Wildman–Crippen LogP) is -1.20. The summed E-state index contributed by atoms with van der Waals surface area (Å²) in [5.74, 6) is -0.0101. The van der Waals surface area contributed by atoms with Crippen LogP contribution in [0.4, 0.5) is 5.82 Å². The molecule has 174 valence electrons. The van der Waals surface area contributed by atoms with E-state index < -0.39 is 55.8 Å². The Morgan fingerprint density at radius 2 is 1.94 bits per heavy atom. The van der Waals surface area contributed by atoms with Gasteiger partial charge in [0.1, 0.15) is 17.9 Å². The smallest absolute Gasteiger partial charge is 0.385 e. The first-order valence-corrected chi connectivity index (χ1v) is 12.9. The zero-order chi connectivity index (χ0) is 23.2. The summed E-state index contributed by atoms with van der Waals surface area (Å²) in [6.07, 6.45) is -5.18. The molecule has 0 spiro atoms. The number of anilines is 1. The Bertz CT molecular complexity index is 1170. The average Bonchev–Trinajstić information content (AvgIpc) is 3.16. The fourth-order valence-corrected chi connectivity index (χ4v) is 6.12. The molecule has 1 unspecified atom stereocenters. The molecule has 5 atom stereocenters. The number of aliphatic hydroxyl groups is 1. The van der Waals surface area contributed by atoms with Crippen LogP contribution in [0.5, 0.6) is 0 Å². The van der Waals surface area contributed by atoms with Crippen LogP contribution >= 0.6 is 15.4 Å². The summed E-state index contributed by atoms with van der Waals surface area (Å²) in [7, 11) is -14.0. The Morgan fingerprint density at radius 1 is 1.26 bits per heavy atom. The minimum atomic E-state index is -5.25. The summed E-state index contributed by atoms with van der Waals surface area (Å²) in [4.78, 5) is 29.9. The van der Waals surface area contributed by atoms with Crippen LogP contribution in [0.15, 0.2) is 12.7 Å². The molecule has 1 saturated heterocycles. The molecule has 20 heteroatoms. The molecule has 31 heavy (non-hydrogen) atoms. The van der Waals surface area contributed by atoms with Crippen molar-refractivity contribution < 1.29 is 55.3 Å². The number of aliphatic hydroxyl groups excluding tert-OH is 1. The van der Waals surface area contributed by atoms with Crippen LogP contribution in [-0.2, 0) is 37.6 Å². The van der Waals surface area contributed by atoms with E-state index in [0.29, 0.717) is 0 Å². The molecule has 1 aliphatic rings. The molecule has 0 bridgehead atoms. The fraction of sp³-hybridized carbons (Fsp3) is 0.545. The zero-order valence-corrected chi connectivity index (χ0v) is 18.0. The number of nitrogens with two attached hydrogens (primary N) is 1. The highest BCUT2D eigenvalue weighted by molar-refractivity contribution is 7.93. The topological polar surface area (TPSA) is 256 Å². The van der Waals surface area contributed by atoms with Crippen molar-refractivity contribution in [3.8, 4) is 0 Å². The van der Waals surface area contributed by atoms with Gasteiger partial charge in [0.15, 0.2) is 35.6 Å². The van der Waals surface area contributed by atoms with Crippen molar-refractivity contribution >= 4 is 42.5 Å². The monoisotopic (exact) mass is 505 g/mol.